The molecule has 3 aromatic rings. The summed E-state index contributed by atoms with van der Waals surface area (Å²) in [5.74, 6) is 1.86. The molecule has 0 N–H and O–H groups in total. The Labute approximate surface area is 149 Å². The van der Waals surface area contributed by atoms with Gasteiger partial charge in [0.1, 0.15) is 5.75 Å². The molecular formula is C17H18N6O3. The van der Waals surface area contributed by atoms with Gasteiger partial charge in [0.25, 0.3) is 5.91 Å². The van der Waals surface area contributed by atoms with Gasteiger partial charge in [0.15, 0.2) is 11.5 Å². The molecule has 0 spiro atoms. The molecule has 0 bridgehead atoms. The van der Waals surface area contributed by atoms with Gasteiger partial charge in [-0.15, -0.1) is 5.10 Å². The third kappa shape index (κ3) is 3.03. The second kappa shape index (κ2) is 6.58. The number of hydrogen-bond acceptors (Lipinski definition) is 7. The summed E-state index contributed by atoms with van der Waals surface area (Å²) in [6.07, 6.45) is 2.14. The lowest BCUT2D eigenvalue weighted by molar-refractivity contribution is 0.0563. The van der Waals surface area contributed by atoms with Gasteiger partial charge in [0.2, 0.25) is 5.89 Å². The fourth-order valence-electron chi connectivity index (χ4n) is 2.93. The summed E-state index contributed by atoms with van der Waals surface area (Å²) in [5, 5.41) is 11.7. The molecular weight excluding hydrogens is 336 g/mol. The summed E-state index contributed by atoms with van der Waals surface area (Å²) in [7, 11) is 3.36. The molecule has 1 aromatic carbocycles. The van der Waals surface area contributed by atoms with Crippen molar-refractivity contribution >= 4 is 5.91 Å². The fraction of sp³-hybridized carbons (Fsp3) is 0.353. The van der Waals surface area contributed by atoms with Crippen molar-refractivity contribution in [3.8, 4) is 5.75 Å². The van der Waals surface area contributed by atoms with E-state index in [1.54, 1.807) is 25.3 Å². The van der Waals surface area contributed by atoms with Crippen molar-refractivity contribution in [3.05, 3.63) is 53.4 Å². The summed E-state index contributed by atoms with van der Waals surface area (Å²) in [6, 6.07) is 7.74. The maximum Gasteiger partial charge on any atom is 0.276 e. The molecule has 9 heteroatoms. The van der Waals surface area contributed by atoms with Gasteiger partial charge in [-0.2, -0.15) is 4.98 Å². The molecule has 0 saturated carbocycles. The van der Waals surface area contributed by atoms with Crippen LogP contribution in [0.4, 0.5) is 0 Å². The van der Waals surface area contributed by atoms with Gasteiger partial charge in [-0.3, -0.25) is 9.48 Å². The SMILES string of the molecule is COc1ccccc1Cc1noc(C2CN(C(=O)c3cn(C)nn3)C2)n1. The number of amides is 1. The first-order valence-corrected chi connectivity index (χ1v) is 8.24. The largest absolute Gasteiger partial charge is 0.496 e. The van der Waals surface area contributed by atoms with E-state index in [1.807, 2.05) is 24.3 Å². The number of aryl methyl sites for hydroxylation is 1. The normalized spacial score (nSPS) is 14.3. The summed E-state index contributed by atoms with van der Waals surface area (Å²) >= 11 is 0. The van der Waals surface area contributed by atoms with Crippen molar-refractivity contribution in [2.45, 2.75) is 12.3 Å². The van der Waals surface area contributed by atoms with Crippen molar-refractivity contribution in [1.29, 1.82) is 0 Å². The number of hydrogen-bond donors (Lipinski definition) is 0. The summed E-state index contributed by atoms with van der Waals surface area (Å²) in [5.41, 5.74) is 1.34. The maximum absolute atomic E-state index is 12.3. The number of methoxy groups -OCH3 is 1. The van der Waals surface area contributed by atoms with Crippen molar-refractivity contribution < 1.29 is 14.1 Å². The first-order chi connectivity index (χ1) is 12.6. The van der Waals surface area contributed by atoms with Gasteiger partial charge >= 0.3 is 0 Å². The third-order valence-corrected chi connectivity index (χ3v) is 4.36. The molecule has 0 aliphatic carbocycles. The standard InChI is InChI=1S/C17H18N6O3/c1-22-10-13(19-21-22)17(24)23-8-12(9-23)16-18-15(20-26-16)7-11-5-3-4-6-14(11)25-2/h3-6,10,12H,7-9H2,1-2H3. The summed E-state index contributed by atoms with van der Waals surface area (Å²) < 4.78 is 12.2. The van der Waals surface area contributed by atoms with E-state index in [1.165, 1.54) is 4.68 Å². The minimum Gasteiger partial charge on any atom is -0.496 e. The summed E-state index contributed by atoms with van der Waals surface area (Å²) in [6.45, 7) is 1.07. The highest BCUT2D eigenvalue weighted by molar-refractivity contribution is 5.92. The van der Waals surface area contributed by atoms with Gasteiger partial charge in [0.05, 0.1) is 19.2 Å². The van der Waals surface area contributed by atoms with Crippen LogP contribution in [-0.2, 0) is 13.5 Å². The number of ether oxygens (including phenoxy) is 1. The quantitative estimate of drug-likeness (QED) is 0.675. The molecule has 1 fully saturated rings. The second-order valence-corrected chi connectivity index (χ2v) is 6.22. The van der Waals surface area contributed by atoms with E-state index >= 15 is 0 Å². The zero-order valence-corrected chi connectivity index (χ0v) is 14.5. The lowest BCUT2D eigenvalue weighted by Crippen LogP contribution is -2.48. The predicted molar refractivity (Wildman–Crippen MR) is 89.7 cm³/mol. The first-order valence-electron chi connectivity index (χ1n) is 8.24. The van der Waals surface area contributed by atoms with Gasteiger partial charge in [-0.25, -0.2) is 0 Å². The average Bonchev–Trinajstić information content (AvgIpc) is 3.23. The van der Waals surface area contributed by atoms with Crippen LogP contribution in [0.25, 0.3) is 0 Å². The zero-order chi connectivity index (χ0) is 18.1. The van der Waals surface area contributed by atoms with E-state index in [4.69, 9.17) is 9.26 Å². The van der Waals surface area contributed by atoms with Crippen LogP contribution < -0.4 is 4.74 Å². The molecule has 1 aliphatic heterocycles. The molecule has 26 heavy (non-hydrogen) atoms. The Morgan fingerprint density at radius 2 is 2.15 bits per heavy atom. The first kappa shape index (κ1) is 16.2. The van der Waals surface area contributed by atoms with Crippen LogP contribution in [0.3, 0.4) is 0 Å². The van der Waals surface area contributed by atoms with Crippen molar-refractivity contribution in [1.82, 2.24) is 30.0 Å². The van der Waals surface area contributed by atoms with Crippen LogP contribution in [0.1, 0.15) is 33.7 Å². The number of para-hydroxylation sites is 1. The molecule has 4 rings (SSSR count). The Kier molecular flexibility index (Phi) is 4.11. The van der Waals surface area contributed by atoms with E-state index in [9.17, 15) is 4.79 Å². The molecule has 1 amide bonds. The predicted octanol–water partition coefficient (Wildman–Crippen LogP) is 1.04. The van der Waals surface area contributed by atoms with Crippen LogP contribution in [0.5, 0.6) is 5.75 Å². The number of rotatable bonds is 5. The summed E-state index contributed by atoms with van der Waals surface area (Å²) in [4.78, 5) is 18.4. The van der Waals surface area contributed by atoms with Crippen LogP contribution in [0, 0.1) is 0 Å². The second-order valence-electron chi connectivity index (χ2n) is 6.22. The van der Waals surface area contributed by atoms with E-state index in [2.05, 4.69) is 20.5 Å². The minimum atomic E-state index is -0.136. The van der Waals surface area contributed by atoms with Crippen LogP contribution >= 0.6 is 0 Å². The number of likely N-dealkylation sites (tertiary alicyclic amines) is 1. The Hall–Kier alpha value is -3.23. The molecule has 0 atom stereocenters. The van der Waals surface area contributed by atoms with Gasteiger partial charge in [-0.1, -0.05) is 28.6 Å². The van der Waals surface area contributed by atoms with Crippen LogP contribution in [-0.4, -0.2) is 56.1 Å². The van der Waals surface area contributed by atoms with Crippen molar-refractivity contribution in [2.75, 3.05) is 20.2 Å². The molecule has 3 heterocycles. The van der Waals surface area contributed by atoms with E-state index < -0.39 is 0 Å². The minimum absolute atomic E-state index is 0.0505. The number of benzene rings is 1. The third-order valence-electron chi connectivity index (χ3n) is 4.36. The lowest BCUT2D eigenvalue weighted by atomic mass is 10.00. The maximum atomic E-state index is 12.3. The number of carbonyl (C=O) groups is 1. The Balaban J connectivity index is 1.38. The molecule has 0 unspecified atom stereocenters. The van der Waals surface area contributed by atoms with E-state index in [-0.39, 0.29) is 11.8 Å². The highest BCUT2D eigenvalue weighted by atomic mass is 16.5. The average molecular weight is 354 g/mol. The molecule has 2 aromatic heterocycles. The van der Waals surface area contributed by atoms with Crippen LogP contribution in [0.2, 0.25) is 0 Å². The highest BCUT2D eigenvalue weighted by Crippen LogP contribution is 2.27. The van der Waals surface area contributed by atoms with Gasteiger partial charge in [0, 0.05) is 32.1 Å². The Morgan fingerprint density at radius 3 is 2.88 bits per heavy atom. The monoisotopic (exact) mass is 354 g/mol. The zero-order valence-electron chi connectivity index (χ0n) is 14.5. The number of nitrogens with zero attached hydrogens (tertiary/aromatic N) is 6. The van der Waals surface area contributed by atoms with E-state index in [0.717, 1.165) is 11.3 Å². The molecule has 0 radical (unpaired) electrons. The molecule has 134 valence electrons. The van der Waals surface area contributed by atoms with Crippen molar-refractivity contribution in [2.24, 2.45) is 7.05 Å². The fourth-order valence-corrected chi connectivity index (χ4v) is 2.93. The topological polar surface area (TPSA) is 99.2 Å². The number of carbonyl (C=O) groups excluding carboxylic acids is 1. The van der Waals surface area contributed by atoms with Crippen LogP contribution in [0.15, 0.2) is 35.0 Å². The molecule has 9 nitrogen and oxygen atoms in total. The Morgan fingerprint density at radius 1 is 1.35 bits per heavy atom. The molecule has 1 aliphatic rings. The smallest absolute Gasteiger partial charge is 0.276 e. The van der Waals surface area contributed by atoms with Gasteiger partial charge < -0.3 is 14.2 Å². The highest BCUT2D eigenvalue weighted by Gasteiger charge is 2.36. The van der Waals surface area contributed by atoms with Crippen molar-refractivity contribution in [3.63, 3.8) is 0 Å². The van der Waals surface area contributed by atoms with Gasteiger partial charge in [-0.05, 0) is 6.07 Å². The molecule has 1 saturated heterocycles. The van der Waals surface area contributed by atoms with E-state index in [0.29, 0.717) is 36.9 Å². The number of aromatic nitrogens is 5. The Bertz CT molecular complexity index is 928. The lowest BCUT2D eigenvalue weighted by Gasteiger charge is -2.36.